The second-order valence-electron chi connectivity index (χ2n) is 4.28. The van der Waals surface area contributed by atoms with Crippen molar-refractivity contribution < 1.29 is 19.7 Å². The molecule has 0 spiro atoms. The molecule has 1 aromatic carbocycles. The maximum Gasteiger partial charge on any atom is 0.335 e. The van der Waals surface area contributed by atoms with Crippen molar-refractivity contribution in [1.82, 2.24) is 5.32 Å². The highest BCUT2D eigenvalue weighted by Crippen LogP contribution is 2.11. The minimum absolute atomic E-state index is 0.239. The van der Waals surface area contributed by atoms with Gasteiger partial charge in [0.05, 0.1) is 11.7 Å². The van der Waals surface area contributed by atoms with E-state index in [-0.39, 0.29) is 11.7 Å². The normalized spacial score (nSPS) is 12.1. The highest BCUT2D eigenvalue weighted by atomic mass is 16.5. The molecule has 0 aliphatic heterocycles. The van der Waals surface area contributed by atoms with Gasteiger partial charge in [-0.3, -0.25) is 0 Å². The summed E-state index contributed by atoms with van der Waals surface area (Å²) in [4.78, 5) is 10.7. The van der Waals surface area contributed by atoms with Crippen molar-refractivity contribution in [1.29, 1.82) is 0 Å². The fraction of sp³-hybridized carbons (Fsp3) is 0.500. The van der Waals surface area contributed by atoms with E-state index in [0.717, 1.165) is 19.4 Å². The van der Waals surface area contributed by atoms with Crippen LogP contribution in [0, 0.1) is 0 Å². The fourth-order valence-corrected chi connectivity index (χ4v) is 1.53. The van der Waals surface area contributed by atoms with Crippen LogP contribution in [0.5, 0.6) is 5.75 Å². The summed E-state index contributed by atoms with van der Waals surface area (Å²) >= 11 is 0. The summed E-state index contributed by atoms with van der Waals surface area (Å²) in [5.74, 6) is -0.289. The smallest absolute Gasteiger partial charge is 0.335 e. The zero-order valence-corrected chi connectivity index (χ0v) is 11.1. The van der Waals surface area contributed by atoms with Crippen molar-refractivity contribution >= 4 is 5.97 Å². The summed E-state index contributed by atoms with van der Waals surface area (Å²) in [5.41, 5.74) is 0.249. The Hall–Kier alpha value is -1.59. The Morgan fingerprint density at radius 1 is 1.32 bits per heavy atom. The summed E-state index contributed by atoms with van der Waals surface area (Å²) < 4.78 is 5.46. The second-order valence-corrected chi connectivity index (χ2v) is 4.28. The third-order valence-electron chi connectivity index (χ3n) is 2.77. The number of rotatable bonds is 9. The van der Waals surface area contributed by atoms with E-state index in [1.807, 2.05) is 6.92 Å². The molecule has 0 heterocycles. The van der Waals surface area contributed by atoms with Crippen LogP contribution in [-0.2, 0) is 0 Å². The van der Waals surface area contributed by atoms with E-state index >= 15 is 0 Å². The van der Waals surface area contributed by atoms with Gasteiger partial charge in [0.15, 0.2) is 0 Å². The van der Waals surface area contributed by atoms with Gasteiger partial charge in [-0.15, -0.1) is 0 Å². The van der Waals surface area contributed by atoms with Crippen molar-refractivity contribution in [3.05, 3.63) is 29.8 Å². The molecule has 0 aliphatic rings. The molecule has 1 atom stereocenters. The first-order chi connectivity index (χ1) is 9.13. The number of hydrogen-bond acceptors (Lipinski definition) is 4. The highest BCUT2D eigenvalue weighted by molar-refractivity contribution is 5.87. The Kier molecular flexibility index (Phi) is 6.92. The molecule has 106 valence electrons. The number of benzene rings is 1. The lowest BCUT2D eigenvalue weighted by Crippen LogP contribution is -2.24. The number of carboxylic acids is 1. The van der Waals surface area contributed by atoms with Crippen LogP contribution < -0.4 is 10.1 Å². The largest absolute Gasteiger partial charge is 0.492 e. The monoisotopic (exact) mass is 267 g/mol. The van der Waals surface area contributed by atoms with Crippen molar-refractivity contribution in [3.63, 3.8) is 0 Å². The van der Waals surface area contributed by atoms with Crippen LogP contribution >= 0.6 is 0 Å². The number of aliphatic hydroxyl groups excluding tert-OH is 1. The van der Waals surface area contributed by atoms with Crippen LogP contribution in [0.4, 0.5) is 0 Å². The number of nitrogens with one attached hydrogen (secondary N) is 1. The molecular formula is C14H21NO4. The maximum atomic E-state index is 10.7. The molecule has 0 radical (unpaired) electrons. The van der Waals surface area contributed by atoms with Gasteiger partial charge in [-0.05, 0) is 43.7 Å². The minimum Gasteiger partial charge on any atom is -0.492 e. The van der Waals surface area contributed by atoms with Crippen LogP contribution in [0.15, 0.2) is 24.3 Å². The number of aromatic carboxylic acids is 1. The zero-order chi connectivity index (χ0) is 14.1. The molecule has 1 aromatic rings. The summed E-state index contributed by atoms with van der Waals surface area (Å²) in [6.45, 7) is 3.91. The third-order valence-corrected chi connectivity index (χ3v) is 2.77. The average molecular weight is 267 g/mol. The van der Waals surface area contributed by atoms with Gasteiger partial charge in [0, 0.05) is 6.54 Å². The van der Waals surface area contributed by atoms with Crippen molar-refractivity contribution in [2.45, 2.75) is 25.9 Å². The molecule has 0 bridgehead atoms. The predicted octanol–water partition coefficient (Wildman–Crippen LogP) is 1.51. The molecule has 0 fully saturated rings. The number of carbonyl (C=O) groups is 1. The Labute approximate surface area is 113 Å². The molecule has 0 saturated carbocycles. The molecule has 3 N–H and O–H groups in total. The first-order valence-corrected chi connectivity index (χ1v) is 6.48. The Balaban J connectivity index is 2.14. The first-order valence-electron chi connectivity index (χ1n) is 6.48. The molecule has 5 heteroatoms. The second kappa shape index (κ2) is 8.50. The minimum atomic E-state index is -0.942. The first kappa shape index (κ1) is 15.5. The van der Waals surface area contributed by atoms with Gasteiger partial charge < -0.3 is 20.3 Å². The van der Waals surface area contributed by atoms with E-state index in [0.29, 0.717) is 18.9 Å². The van der Waals surface area contributed by atoms with Crippen LogP contribution in [-0.4, -0.2) is 42.0 Å². The van der Waals surface area contributed by atoms with Gasteiger partial charge >= 0.3 is 5.97 Å². The van der Waals surface area contributed by atoms with Gasteiger partial charge in [0.25, 0.3) is 0 Å². The third kappa shape index (κ3) is 6.22. The van der Waals surface area contributed by atoms with Crippen molar-refractivity contribution in [3.8, 4) is 5.75 Å². The molecule has 19 heavy (non-hydrogen) atoms. The summed E-state index contributed by atoms with van der Waals surface area (Å²) in [6.07, 6.45) is 1.27. The number of carboxylic acid groups (broad SMARTS) is 1. The predicted molar refractivity (Wildman–Crippen MR) is 72.7 cm³/mol. The van der Waals surface area contributed by atoms with Crippen LogP contribution in [0.25, 0.3) is 0 Å². The van der Waals surface area contributed by atoms with E-state index in [1.165, 1.54) is 12.1 Å². The molecular weight excluding hydrogens is 246 g/mol. The fourth-order valence-electron chi connectivity index (χ4n) is 1.53. The van der Waals surface area contributed by atoms with E-state index in [4.69, 9.17) is 9.84 Å². The summed E-state index contributed by atoms with van der Waals surface area (Å²) in [7, 11) is 0. The lowest BCUT2D eigenvalue weighted by Gasteiger charge is -2.09. The average Bonchev–Trinajstić information content (AvgIpc) is 2.42. The lowest BCUT2D eigenvalue weighted by atomic mass is 10.2. The standard InChI is InChI=1S/C14H21NO4/c1-2-12(16)7-8-15-9-10-19-13-5-3-11(4-6-13)14(17)18/h3-6,12,15-16H,2,7-10H2,1H3,(H,17,18). The molecule has 0 aromatic heterocycles. The topological polar surface area (TPSA) is 78.8 Å². The molecule has 1 rings (SSSR count). The number of ether oxygens (including phenoxy) is 1. The SMILES string of the molecule is CCC(O)CCNCCOc1ccc(C(=O)O)cc1. The van der Waals surface area contributed by atoms with E-state index in [9.17, 15) is 9.90 Å². The van der Waals surface area contributed by atoms with E-state index in [1.54, 1.807) is 12.1 Å². The number of hydrogen-bond donors (Lipinski definition) is 3. The van der Waals surface area contributed by atoms with Crippen molar-refractivity contribution in [2.75, 3.05) is 19.7 Å². The van der Waals surface area contributed by atoms with E-state index < -0.39 is 5.97 Å². The van der Waals surface area contributed by atoms with Crippen LogP contribution in [0.1, 0.15) is 30.1 Å². The molecule has 0 aliphatic carbocycles. The van der Waals surface area contributed by atoms with Crippen LogP contribution in [0.2, 0.25) is 0 Å². The Morgan fingerprint density at radius 2 is 2.00 bits per heavy atom. The zero-order valence-electron chi connectivity index (χ0n) is 11.1. The molecule has 0 amide bonds. The quantitative estimate of drug-likeness (QED) is 0.591. The summed E-state index contributed by atoms with van der Waals surface area (Å²) in [6, 6.07) is 6.32. The Bertz CT molecular complexity index is 378. The number of aliphatic hydroxyl groups is 1. The molecule has 1 unspecified atom stereocenters. The molecule has 0 saturated heterocycles. The van der Waals surface area contributed by atoms with Gasteiger partial charge in [0.1, 0.15) is 12.4 Å². The Morgan fingerprint density at radius 3 is 2.58 bits per heavy atom. The van der Waals surface area contributed by atoms with Gasteiger partial charge in [-0.25, -0.2) is 4.79 Å². The van der Waals surface area contributed by atoms with Gasteiger partial charge in [-0.1, -0.05) is 6.92 Å². The van der Waals surface area contributed by atoms with Gasteiger partial charge in [-0.2, -0.15) is 0 Å². The van der Waals surface area contributed by atoms with Crippen LogP contribution in [0.3, 0.4) is 0 Å². The van der Waals surface area contributed by atoms with E-state index in [2.05, 4.69) is 5.32 Å². The lowest BCUT2D eigenvalue weighted by molar-refractivity contribution is 0.0697. The summed E-state index contributed by atoms with van der Waals surface area (Å²) in [5, 5.41) is 21.3. The highest BCUT2D eigenvalue weighted by Gasteiger charge is 2.02. The van der Waals surface area contributed by atoms with Gasteiger partial charge in [0.2, 0.25) is 0 Å². The molecule has 5 nitrogen and oxygen atoms in total. The van der Waals surface area contributed by atoms with Crippen molar-refractivity contribution in [2.24, 2.45) is 0 Å². The maximum absolute atomic E-state index is 10.7.